The summed E-state index contributed by atoms with van der Waals surface area (Å²) in [5, 5.41) is 23.2. The van der Waals surface area contributed by atoms with Gasteiger partial charge < -0.3 is 15.2 Å². The third-order valence-electron chi connectivity index (χ3n) is 4.50. The highest BCUT2D eigenvalue weighted by Gasteiger charge is 2.40. The third kappa shape index (κ3) is 3.64. The molecule has 1 saturated carbocycles. The number of amides is 1. The Labute approximate surface area is 139 Å². The lowest BCUT2D eigenvalue weighted by Crippen LogP contribution is -2.44. The molecule has 24 heavy (non-hydrogen) atoms. The molecule has 0 aliphatic heterocycles. The van der Waals surface area contributed by atoms with E-state index in [1.807, 2.05) is 0 Å². The predicted octanol–water partition coefficient (Wildman–Crippen LogP) is 2.37. The largest absolute Gasteiger partial charge is 0.497 e. The summed E-state index contributed by atoms with van der Waals surface area (Å²) in [6, 6.07) is 3.87. The topological polar surface area (TPSA) is 119 Å². The first-order valence-electron chi connectivity index (χ1n) is 7.74. The van der Waals surface area contributed by atoms with Crippen LogP contribution in [0.1, 0.15) is 42.5 Å². The van der Waals surface area contributed by atoms with Gasteiger partial charge in [-0.05, 0) is 25.0 Å². The van der Waals surface area contributed by atoms with Gasteiger partial charge in [0.15, 0.2) is 0 Å². The molecule has 0 radical (unpaired) electrons. The summed E-state index contributed by atoms with van der Waals surface area (Å²) in [5.74, 6) is -1.30. The number of carboxylic acids is 1. The van der Waals surface area contributed by atoms with Crippen LogP contribution in [0.15, 0.2) is 18.2 Å². The molecule has 1 aliphatic rings. The number of hydrogen-bond donors (Lipinski definition) is 2. The zero-order chi connectivity index (χ0) is 17.7. The number of rotatable bonds is 6. The summed E-state index contributed by atoms with van der Waals surface area (Å²) in [6.45, 7) is -0.0461. The van der Waals surface area contributed by atoms with Crippen molar-refractivity contribution < 1.29 is 24.4 Å². The minimum absolute atomic E-state index is 0.0461. The first-order valence-corrected chi connectivity index (χ1v) is 7.74. The van der Waals surface area contributed by atoms with Gasteiger partial charge in [-0.1, -0.05) is 19.3 Å². The Balaban J connectivity index is 2.20. The summed E-state index contributed by atoms with van der Waals surface area (Å²) in [5.41, 5.74) is -1.49. The Bertz CT molecular complexity index is 652. The summed E-state index contributed by atoms with van der Waals surface area (Å²) in [7, 11) is 1.39. The van der Waals surface area contributed by atoms with Crippen molar-refractivity contribution in [2.45, 2.75) is 32.1 Å². The predicted molar refractivity (Wildman–Crippen MR) is 85.1 cm³/mol. The Hall–Kier alpha value is -2.64. The summed E-state index contributed by atoms with van der Waals surface area (Å²) in [6.07, 6.45) is 3.54. The number of nitro benzene ring substituents is 1. The second-order valence-corrected chi connectivity index (χ2v) is 5.97. The molecule has 1 aliphatic carbocycles. The Morgan fingerprint density at radius 1 is 1.33 bits per heavy atom. The smallest absolute Gasteiger partial charge is 0.311 e. The number of carboxylic acid groups (broad SMARTS) is 1. The molecule has 0 aromatic heterocycles. The number of hydrogen-bond acceptors (Lipinski definition) is 5. The molecule has 0 saturated heterocycles. The fourth-order valence-electron chi connectivity index (χ4n) is 3.02. The molecule has 8 nitrogen and oxygen atoms in total. The second-order valence-electron chi connectivity index (χ2n) is 5.97. The average molecular weight is 336 g/mol. The Morgan fingerprint density at radius 2 is 2.00 bits per heavy atom. The van der Waals surface area contributed by atoms with E-state index in [1.165, 1.54) is 25.3 Å². The number of carbonyl (C=O) groups excluding carboxylic acids is 1. The maximum Gasteiger partial charge on any atom is 0.311 e. The molecule has 8 heteroatoms. The van der Waals surface area contributed by atoms with Crippen molar-refractivity contribution in [2.24, 2.45) is 5.41 Å². The van der Waals surface area contributed by atoms with E-state index in [-0.39, 0.29) is 17.8 Å². The van der Waals surface area contributed by atoms with Crippen LogP contribution in [0.3, 0.4) is 0 Å². The summed E-state index contributed by atoms with van der Waals surface area (Å²) in [4.78, 5) is 34.4. The minimum Gasteiger partial charge on any atom is -0.497 e. The number of carbonyl (C=O) groups is 2. The van der Waals surface area contributed by atoms with Crippen LogP contribution in [0.5, 0.6) is 5.75 Å². The lowest BCUT2D eigenvalue weighted by Gasteiger charge is -2.33. The average Bonchev–Trinajstić information content (AvgIpc) is 2.59. The molecule has 1 fully saturated rings. The van der Waals surface area contributed by atoms with Gasteiger partial charge in [0, 0.05) is 12.6 Å². The fraction of sp³-hybridized carbons (Fsp3) is 0.500. The Morgan fingerprint density at radius 3 is 2.54 bits per heavy atom. The fourth-order valence-corrected chi connectivity index (χ4v) is 3.02. The molecule has 0 spiro atoms. The van der Waals surface area contributed by atoms with Crippen LogP contribution in [-0.4, -0.2) is 35.6 Å². The minimum atomic E-state index is -0.998. The normalized spacial score (nSPS) is 16.2. The van der Waals surface area contributed by atoms with Crippen molar-refractivity contribution >= 4 is 17.6 Å². The van der Waals surface area contributed by atoms with Crippen molar-refractivity contribution in [1.82, 2.24) is 5.32 Å². The van der Waals surface area contributed by atoms with Gasteiger partial charge in [-0.2, -0.15) is 0 Å². The molecule has 2 N–H and O–H groups in total. The highest BCUT2D eigenvalue weighted by molar-refractivity contribution is 5.98. The number of benzene rings is 1. The van der Waals surface area contributed by atoms with Gasteiger partial charge in [-0.3, -0.25) is 19.7 Å². The van der Waals surface area contributed by atoms with E-state index in [0.717, 1.165) is 19.3 Å². The maximum atomic E-state index is 12.4. The maximum absolute atomic E-state index is 12.4. The third-order valence-corrected chi connectivity index (χ3v) is 4.50. The number of ether oxygens (including phenoxy) is 1. The van der Waals surface area contributed by atoms with E-state index in [0.29, 0.717) is 18.6 Å². The van der Waals surface area contributed by atoms with Crippen molar-refractivity contribution in [2.75, 3.05) is 13.7 Å². The first kappa shape index (κ1) is 17.7. The molecule has 0 bridgehead atoms. The van der Waals surface area contributed by atoms with Crippen molar-refractivity contribution in [3.63, 3.8) is 0 Å². The molecular formula is C16H20N2O6. The molecular weight excluding hydrogens is 316 g/mol. The van der Waals surface area contributed by atoms with E-state index in [2.05, 4.69) is 5.32 Å². The summed E-state index contributed by atoms with van der Waals surface area (Å²) < 4.78 is 5.00. The Kier molecular flexibility index (Phi) is 5.38. The second kappa shape index (κ2) is 7.29. The van der Waals surface area contributed by atoms with Crippen molar-refractivity contribution in [3.8, 4) is 5.75 Å². The SMILES string of the molecule is COc1ccc([N+](=O)[O-])c(C(=O)NCC2(C(=O)O)CCCCC2)c1. The van der Waals surface area contributed by atoms with E-state index in [1.54, 1.807) is 0 Å². The van der Waals surface area contributed by atoms with Crippen molar-refractivity contribution in [1.29, 1.82) is 0 Å². The van der Waals surface area contributed by atoms with Crippen LogP contribution in [-0.2, 0) is 4.79 Å². The standard InChI is InChI=1S/C16H20N2O6/c1-24-11-5-6-13(18(22)23)12(9-11)14(19)17-10-16(15(20)21)7-3-2-4-8-16/h5-6,9H,2-4,7-8,10H2,1H3,(H,17,19)(H,20,21). The van der Waals surface area contributed by atoms with Gasteiger partial charge in [0.05, 0.1) is 17.4 Å². The zero-order valence-electron chi connectivity index (χ0n) is 13.4. The van der Waals surface area contributed by atoms with Gasteiger partial charge in [0.1, 0.15) is 11.3 Å². The van der Waals surface area contributed by atoms with E-state index in [9.17, 15) is 24.8 Å². The number of aliphatic carboxylic acids is 1. The van der Waals surface area contributed by atoms with Crippen LogP contribution in [0.25, 0.3) is 0 Å². The number of nitrogens with zero attached hydrogens (tertiary/aromatic N) is 1. The van der Waals surface area contributed by atoms with E-state index < -0.39 is 22.2 Å². The zero-order valence-corrected chi connectivity index (χ0v) is 13.4. The highest BCUT2D eigenvalue weighted by Crippen LogP contribution is 2.36. The molecule has 130 valence electrons. The number of nitrogens with one attached hydrogen (secondary N) is 1. The molecule has 0 unspecified atom stereocenters. The van der Waals surface area contributed by atoms with Crippen molar-refractivity contribution in [3.05, 3.63) is 33.9 Å². The lowest BCUT2D eigenvalue weighted by atomic mass is 9.74. The van der Waals surface area contributed by atoms with Crippen LogP contribution >= 0.6 is 0 Å². The molecule has 1 aromatic rings. The molecule has 1 amide bonds. The quantitative estimate of drug-likeness (QED) is 0.608. The van der Waals surface area contributed by atoms with Gasteiger partial charge in [0.2, 0.25) is 0 Å². The van der Waals surface area contributed by atoms with Crippen LogP contribution in [0.4, 0.5) is 5.69 Å². The summed E-state index contributed by atoms with van der Waals surface area (Å²) >= 11 is 0. The van der Waals surface area contributed by atoms with Crippen LogP contribution in [0.2, 0.25) is 0 Å². The molecule has 2 rings (SSSR count). The lowest BCUT2D eigenvalue weighted by molar-refractivity contribution is -0.385. The first-order chi connectivity index (χ1) is 11.4. The van der Waals surface area contributed by atoms with Crippen LogP contribution < -0.4 is 10.1 Å². The van der Waals surface area contributed by atoms with Gasteiger partial charge in [0.25, 0.3) is 11.6 Å². The van der Waals surface area contributed by atoms with Gasteiger partial charge in [-0.15, -0.1) is 0 Å². The molecule has 0 atom stereocenters. The van der Waals surface area contributed by atoms with Gasteiger partial charge in [-0.25, -0.2) is 0 Å². The highest BCUT2D eigenvalue weighted by atomic mass is 16.6. The van der Waals surface area contributed by atoms with Crippen LogP contribution in [0, 0.1) is 15.5 Å². The van der Waals surface area contributed by atoms with Gasteiger partial charge >= 0.3 is 5.97 Å². The number of methoxy groups -OCH3 is 1. The molecule has 1 aromatic carbocycles. The molecule has 0 heterocycles. The van der Waals surface area contributed by atoms with E-state index >= 15 is 0 Å². The number of nitro groups is 1. The monoisotopic (exact) mass is 336 g/mol. The van der Waals surface area contributed by atoms with E-state index in [4.69, 9.17) is 4.74 Å².